The van der Waals surface area contributed by atoms with Crippen LogP contribution in [-0.4, -0.2) is 24.4 Å². The number of hydrogen-bond donors (Lipinski definition) is 1. The van der Waals surface area contributed by atoms with Crippen LogP contribution < -0.4 is 4.74 Å². The number of aliphatic hydroxyl groups excluding tert-OH is 1. The fourth-order valence-corrected chi connectivity index (χ4v) is 2.32. The highest BCUT2D eigenvalue weighted by molar-refractivity contribution is 5.40. The zero-order valence-corrected chi connectivity index (χ0v) is 10.7. The molecule has 0 radical (unpaired) electrons. The molecule has 1 aromatic rings. The van der Waals surface area contributed by atoms with Crippen LogP contribution in [0, 0.1) is 6.92 Å². The second-order valence-electron chi connectivity index (χ2n) is 5.06. The summed E-state index contributed by atoms with van der Waals surface area (Å²) in [6, 6.07) is 5.95. The van der Waals surface area contributed by atoms with E-state index < -0.39 is 6.10 Å². The van der Waals surface area contributed by atoms with Gasteiger partial charge in [-0.05, 0) is 26.0 Å². The van der Waals surface area contributed by atoms with Crippen LogP contribution in [0.2, 0.25) is 0 Å². The Labute approximate surface area is 102 Å². The number of rotatable bonds is 3. The summed E-state index contributed by atoms with van der Waals surface area (Å²) in [5.41, 5.74) is 1.71. The molecule has 3 nitrogen and oxygen atoms in total. The summed E-state index contributed by atoms with van der Waals surface area (Å²) in [4.78, 5) is 0. The van der Waals surface area contributed by atoms with E-state index in [1.807, 2.05) is 32.0 Å². The maximum atomic E-state index is 10.2. The number of fused-ring (bicyclic) bond motifs is 1. The van der Waals surface area contributed by atoms with Crippen LogP contribution in [0.1, 0.15) is 37.0 Å². The first-order valence-corrected chi connectivity index (χ1v) is 6.01. The number of aryl methyl sites for hydroxylation is 1. The SMILES string of the molecule is COCCC1(C)C[C@H](O)c2cc(C)ccc2O1. The molecule has 0 bridgehead atoms. The van der Waals surface area contributed by atoms with Crippen LogP contribution in [-0.2, 0) is 4.74 Å². The third-order valence-electron chi connectivity index (χ3n) is 3.34. The largest absolute Gasteiger partial charge is 0.487 e. The Morgan fingerprint density at radius 1 is 1.53 bits per heavy atom. The molecule has 0 spiro atoms. The summed E-state index contributed by atoms with van der Waals surface area (Å²) in [5, 5.41) is 10.2. The Kier molecular flexibility index (Phi) is 3.40. The lowest BCUT2D eigenvalue weighted by Crippen LogP contribution is -2.39. The molecule has 0 fully saturated rings. The first kappa shape index (κ1) is 12.4. The van der Waals surface area contributed by atoms with Gasteiger partial charge in [-0.1, -0.05) is 11.6 Å². The number of methoxy groups -OCH3 is 1. The van der Waals surface area contributed by atoms with Crippen molar-refractivity contribution in [2.75, 3.05) is 13.7 Å². The molecule has 1 N–H and O–H groups in total. The fourth-order valence-electron chi connectivity index (χ4n) is 2.32. The van der Waals surface area contributed by atoms with Crippen LogP contribution in [0.4, 0.5) is 0 Å². The first-order chi connectivity index (χ1) is 8.04. The van der Waals surface area contributed by atoms with Crippen molar-refractivity contribution in [2.45, 2.75) is 38.4 Å². The number of benzene rings is 1. The molecule has 0 aliphatic carbocycles. The maximum absolute atomic E-state index is 10.2. The van der Waals surface area contributed by atoms with Crippen molar-refractivity contribution in [3.8, 4) is 5.75 Å². The Morgan fingerprint density at radius 2 is 2.29 bits per heavy atom. The molecule has 2 atom stereocenters. The second kappa shape index (κ2) is 4.67. The molecule has 1 unspecified atom stereocenters. The highest BCUT2D eigenvalue weighted by Gasteiger charge is 2.36. The summed E-state index contributed by atoms with van der Waals surface area (Å²) in [6.45, 7) is 4.69. The van der Waals surface area contributed by atoms with Crippen LogP contribution in [0.25, 0.3) is 0 Å². The monoisotopic (exact) mass is 236 g/mol. The lowest BCUT2D eigenvalue weighted by Gasteiger charge is -2.38. The molecule has 0 aromatic heterocycles. The molecular weight excluding hydrogens is 216 g/mol. The van der Waals surface area contributed by atoms with Gasteiger partial charge in [-0.15, -0.1) is 0 Å². The Morgan fingerprint density at radius 3 is 3.00 bits per heavy atom. The lowest BCUT2D eigenvalue weighted by atomic mass is 9.87. The minimum atomic E-state index is -0.444. The van der Waals surface area contributed by atoms with Crippen LogP contribution in [0.15, 0.2) is 18.2 Å². The van der Waals surface area contributed by atoms with Gasteiger partial charge in [0, 0.05) is 32.1 Å². The predicted octanol–water partition coefficient (Wildman–Crippen LogP) is 2.61. The molecule has 1 aliphatic heterocycles. The fraction of sp³-hybridized carbons (Fsp3) is 0.571. The zero-order chi connectivity index (χ0) is 12.5. The highest BCUT2D eigenvalue weighted by Crippen LogP contribution is 2.41. The molecule has 17 heavy (non-hydrogen) atoms. The van der Waals surface area contributed by atoms with Crippen molar-refractivity contribution in [1.82, 2.24) is 0 Å². The van der Waals surface area contributed by atoms with Crippen molar-refractivity contribution in [3.63, 3.8) is 0 Å². The van der Waals surface area contributed by atoms with Crippen LogP contribution in [0.5, 0.6) is 5.75 Å². The molecule has 94 valence electrons. The Hall–Kier alpha value is -1.06. The molecule has 1 aromatic carbocycles. The minimum absolute atomic E-state index is 0.336. The number of hydrogen-bond acceptors (Lipinski definition) is 3. The van der Waals surface area contributed by atoms with Crippen LogP contribution >= 0.6 is 0 Å². The van der Waals surface area contributed by atoms with Crippen LogP contribution in [0.3, 0.4) is 0 Å². The lowest BCUT2D eigenvalue weighted by molar-refractivity contribution is -0.0202. The van der Waals surface area contributed by atoms with Crippen molar-refractivity contribution in [2.24, 2.45) is 0 Å². The Balaban J connectivity index is 2.23. The van der Waals surface area contributed by atoms with E-state index in [0.29, 0.717) is 13.0 Å². The second-order valence-corrected chi connectivity index (χ2v) is 5.06. The van der Waals surface area contributed by atoms with E-state index >= 15 is 0 Å². The summed E-state index contributed by atoms with van der Waals surface area (Å²) in [7, 11) is 1.68. The number of aliphatic hydroxyl groups is 1. The third-order valence-corrected chi connectivity index (χ3v) is 3.34. The quantitative estimate of drug-likeness (QED) is 0.876. The summed E-state index contributed by atoms with van der Waals surface area (Å²) in [5.74, 6) is 0.799. The van der Waals surface area contributed by atoms with Gasteiger partial charge >= 0.3 is 0 Å². The summed E-state index contributed by atoms with van der Waals surface area (Å²) >= 11 is 0. The molecule has 1 aliphatic rings. The minimum Gasteiger partial charge on any atom is -0.487 e. The van der Waals surface area contributed by atoms with Gasteiger partial charge in [0.1, 0.15) is 11.4 Å². The standard InChI is InChI=1S/C14H20O3/c1-10-4-5-13-11(8-10)12(15)9-14(2,17-13)6-7-16-3/h4-5,8,12,15H,6-7,9H2,1-3H3/t12-,14?/m0/s1. The van der Waals surface area contributed by atoms with Gasteiger partial charge in [0.2, 0.25) is 0 Å². The van der Waals surface area contributed by atoms with E-state index in [4.69, 9.17) is 9.47 Å². The topological polar surface area (TPSA) is 38.7 Å². The molecular formula is C14H20O3. The third kappa shape index (κ3) is 2.61. The van der Waals surface area contributed by atoms with Crippen molar-refractivity contribution in [1.29, 1.82) is 0 Å². The van der Waals surface area contributed by atoms with E-state index in [-0.39, 0.29) is 5.60 Å². The highest BCUT2D eigenvalue weighted by atomic mass is 16.5. The van der Waals surface area contributed by atoms with Gasteiger partial charge < -0.3 is 14.6 Å². The zero-order valence-electron chi connectivity index (χ0n) is 10.7. The molecule has 0 amide bonds. The molecule has 0 saturated carbocycles. The van der Waals surface area contributed by atoms with E-state index in [9.17, 15) is 5.11 Å². The van der Waals surface area contributed by atoms with E-state index in [2.05, 4.69) is 0 Å². The van der Waals surface area contributed by atoms with Gasteiger partial charge in [-0.2, -0.15) is 0 Å². The predicted molar refractivity (Wildman–Crippen MR) is 66.3 cm³/mol. The molecule has 1 heterocycles. The van der Waals surface area contributed by atoms with Gasteiger partial charge in [-0.25, -0.2) is 0 Å². The van der Waals surface area contributed by atoms with Crippen molar-refractivity contribution < 1.29 is 14.6 Å². The van der Waals surface area contributed by atoms with Gasteiger partial charge in [0.05, 0.1) is 6.10 Å². The summed E-state index contributed by atoms with van der Waals surface area (Å²) < 4.78 is 11.1. The molecule has 0 saturated heterocycles. The van der Waals surface area contributed by atoms with E-state index in [1.54, 1.807) is 7.11 Å². The first-order valence-electron chi connectivity index (χ1n) is 6.01. The van der Waals surface area contributed by atoms with Crippen molar-refractivity contribution >= 4 is 0 Å². The average Bonchev–Trinajstić information content (AvgIpc) is 2.28. The smallest absolute Gasteiger partial charge is 0.125 e. The molecule has 3 heteroatoms. The molecule has 2 rings (SSSR count). The van der Waals surface area contributed by atoms with Gasteiger partial charge in [0.15, 0.2) is 0 Å². The summed E-state index contributed by atoms with van der Waals surface area (Å²) in [6.07, 6.45) is 0.959. The average molecular weight is 236 g/mol. The van der Waals surface area contributed by atoms with E-state index in [0.717, 1.165) is 23.3 Å². The van der Waals surface area contributed by atoms with Gasteiger partial charge in [0.25, 0.3) is 0 Å². The Bertz CT molecular complexity index is 402. The normalized spacial score (nSPS) is 27.4. The van der Waals surface area contributed by atoms with E-state index in [1.165, 1.54) is 0 Å². The number of ether oxygens (including phenoxy) is 2. The maximum Gasteiger partial charge on any atom is 0.125 e. The van der Waals surface area contributed by atoms with Crippen molar-refractivity contribution in [3.05, 3.63) is 29.3 Å². The van der Waals surface area contributed by atoms with Gasteiger partial charge in [-0.3, -0.25) is 0 Å².